The molecule has 1 aliphatic carbocycles. The number of fused-ring (bicyclic) bond motifs is 1. The molecular formula is C6H11N. The zero-order valence-corrected chi connectivity index (χ0v) is 4.48. The van der Waals surface area contributed by atoms with Crippen LogP contribution in [0.4, 0.5) is 0 Å². The van der Waals surface area contributed by atoms with E-state index in [1.165, 1.54) is 25.8 Å². The highest BCUT2D eigenvalue weighted by Gasteiger charge is 2.33. The topological polar surface area (TPSA) is 12.0 Å². The van der Waals surface area contributed by atoms with E-state index >= 15 is 0 Å². The molecule has 2 aliphatic rings. The van der Waals surface area contributed by atoms with Gasteiger partial charge in [-0.25, -0.2) is 0 Å². The molecule has 0 radical (unpaired) electrons. The van der Waals surface area contributed by atoms with Gasteiger partial charge >= 0.3 is 0 Å². The van der Waals surface area contributed by atoms with E-state index < -0.39 is 0 Å². The second kappa shape index (κ2) is 1.22. The van der Waals surface area contributed by atoms with Crippen LogP contribution in [0.25, 0.3) is 0 Å². The zero-order valence-electron chi connectivity index (χ0n) is 4.48. The summed E-state index contributed by atoms with van der Waals surface area (Å²) in [5.41, 5.74) is 0. The molecule has 1 saturated carbocycles. The number of hydrogen-bond donors (Lipinski definition) is 1. The van der Waals surface area contributed by atoms with Crippen molar-refractivity contribution in [3.8, 4) is 0 Å². The van der Waals surface area contributed by atoms with Gasteiger partial charge < -0.3 is 5.32 Å². The molecule has 1 nitrogen and oxygen atoms in total. The van der Waals surface area contributed by atoms with Gasteiger partial charge in [-0.2, -0.15) is 0 Å². The quantitative estimate of drug-likeness (QED) is 0.470. The molecule has 0 amide bonds. The highest BCUT2D eigenvalue weighted by molar-refractivity contribution is 4.92. The highest BCUT2D eigenvalue weighted by atomic mass is 15.0. The van der Waals surface area contributed by atoms with Gasteiger partial charge in [-0.05, 0) is 25.3 Å². The molecular weight excluding hydrogens is 86.1 g/mol. The Bertz CT molecular complexity index is 70.2. The normalized spacial score (nSPS) is 48.0. The minimum atomic E-state index is 0.944. The third kappa shape index (κ3) is 0.418. The molecule has 7 heavy (non-hydrogen) atoms. The fourth-order valence-electron chi connectivity index (χ4n) is 1.69. The minimum Gasteiger partial charge on any atom is -0.313 e. The van der Waals surface area contributed by atoms with Gasteiger partial charge in [0.2, 0.25) is 0 Å². The molecule has 0 aromatic carbocycles. The van der Waals surface area contributed by atoms with Crippen molar-refractivity contribution < 1.29 is 0 Å². The van der Waals surface area contributed by atoms with Crippen LogP contribution >= 0.6 is 0 Å². The molecule has 1 aliphatic heterocycles. The lowest BCUT2D eigenvalue weighted by atomic mass is 9.96. The van der Waals surface area contributed by atoms with Crippen molar-refractivity contribution in [2.45, 2.75) is 25.3 Å². The molecule has 0 unspecified atom stereocenters. The molecule has 0 aromatic rings. The molecule has 1 heteroatoms. The molecule has 0 aromatic heterocycles. The van der Waals surface area contributed by atoms with Crippen LogP contribution in [-0.2, 0) is 0 Å². The Kier molecular flexibility index (Phi) is 0.680. The van der Waals surface area contributed by atoms with E-state index in [0.717, 1.165) is 12.0 Å². The Labute approximate surface area is 44.1 Å². The molecule has 1 N–H and O–H groups in total. The smallest absolute Gasteiger partial charge is 0.0108 e. The van der Waals surface area contributed by atoms with E-state index in [4.69, 9.17) is 0 Å². The molecule has 0 bridgehead atoms. The van der Waals surface area contributed by atoms with Crippen LogP contribution in [0.3, 0.4) is 0 Å². The van der Waals surface area contributed by atoms with Gasteiger partial charge in [-0.3, -0.25) is 0 Å². The summed E-state index contributed by atoms with van der Waals surface area (Å²) >= 11 is 0. The Balaban J connectivity index is 2.03. The van der Waals surface area contributed by atoms with Crippen LogP contribution in [0.5, 0.6) is 0 Å². The average molecular weight is 97.2 g/mol. The number of nitrogens with one attached hydrogen (secondary N) is 1. The summed E-state index contributed by atoms with van der Waals surface area (Å²) in [5, 5.41) is 3.41. The van der Waals surface area contributed by atoms with Crippen molar-refractivity contribution in [2.75, 3.05) is 6.54 Å². The average Bonchev–Trinajstić information content (AvgIpc) is 1.85. The highest BCUT2D eigenvalue weighted by Crippen LogP contribution is 2.30. The van der Waals surface area contributed by atoms with Crippen LogP contribution in [0, 0.1) is 5.92 Å². The fraction of sp³-hybridized carbons (Fsp3) is 1.00. The van der Waals surface area contributed by atoms with Gasteiger partial charge in [-0.1, -0.05) is 6.42 Å². The van der Waals surface area contributed by atoms with E-state index in [1.54, 1.807) is 0 Å². The van der Waals surface area contributed by atoms with Crippen molar-refractivity contribution in [2.24, 2.45) is 5.92 Å². The Hall–Kier alpha value is -0.0400. The predicted octanol–water partition coefficient (Wildman–Crippen LogP) is 0.758. The van der Waals surface area contributed by atoms with Gasteiger partial charge in [-0.15, -0.1) is 0 Å². The van der Waals surface area contributed by atoms with E-state index in [0.29, 0.717) is 0 Å². The maximum atomic E-state index is 3.41. The lowest BCUT2D eigenvalue weighted by Gasteiger charge is -2.31. The first kappa shape index (κ1) is 3.90. The van der Waals surface area contributed by atoms with Crippen LogP contribution in [0.15, 0.2) is 0 Å². The molecule has 2 rings (SSSR count). The third-order valence-corrected chi connectivity index (χ3v) is 2.30. The van der Waals surface area contributed by atoms with Gasteiger partial charge in [0.05, 0.1) is 0 Å². The van der Waals surface area contributed by atoms with E-state index in [-0.39, 0.29) is 0 Å². The van der Waals surface area contributed by atoms with Gasteiger partial charge in [0.25, 0.3) is 0 Å². The van der Waals surface area contributed by atoms with E-state index in [9.17, 15) is 0 Å². The maximum Gasteiger partial charge on any atom is 0.0108 e. The fourth-order valence-corrected chi connectivity index (χ4v) is 1.69. The summed E-state index contributed by atoms with van der Waals surface area (Å²) in [6, 6.07) is 0.944. The molecule has 2 fully saturated rings. The Morgan fingerprint density at radius 1 is 1.29 bits per heavy atom. The molecule has 2 atom stereocenters. The molecule has 1 heterocycles. The number of rotatable bonds is 0. The summed E-state index contributed by atoms with van der Waals surface area (Å²) in [6.45, 7) is 1.31. The van der Waals surface area contributed by atoms with Crippen LogP contribution in [0.2, 0.25) is 0 Å². The number of hydrogen-bond acceptors (Lipinski definition) is 1. The summed E-state index contributed by atoms with van der Waals surface area (Å²) in [6.07, 6.45) is 4.42. The van der Waals surface area contributed by atoms with Crippen molar-refractivity contribution in [3.05, 3.63) is 0 Å². The van der Waals surface area contributed by atoms with Crippen molar-refractivity contribution in [1.82, 2.24) is 5.32 Å². The predicted molar refractivity (Wildman–Crippen MR) is 29.1 cm³/mol. The monoisotopic (exact) mass is 97.1 g/mol. The molecule has 0 spiro atoms. The maximum absolute atomic E-state index is 3.41. The first-order valence-corrected chi connectivity index (χ1v) is 3.20. The lowest BCUT2D eigenvalue weighted by Crippen LogP contribution is -2.49. The van der Waals surface area contributed by atoms with Gasteiger partial charge in [0.15, 0.2) is 0 Å². The van der Waals surface area contributed by atoms with Crippen molar-refractivity contribution in [1.29, 1.82) is 0 Å². The molecule has 40 valence electrons. The summed E-state index contributed by atoms with van der Waals surface area (Å²) in [5.74, 6) is 1.08. The van der Waals surface area contributed by atoms with Gasteiger partial charge in [0.1, 0.15) is 0 Å². The zero-order chi connectivity index (χ0) is 4.69. The first-order valence-electron chi connectivity index (χ1n) is 3.20. The standard InChI is InChI=1S/C6H11N/c1-2-5-4-7-6(5)3-1/h5-7H,1-4H2/t5-,6+/m0/s1. The van der Waals surface area contributed by atoms with Crippen molar-refractivity contribution >= 4 is 0 Å². The Morgan fingerprint density at radius 2 is 2.29 bits per heavy atom. The van der Waals surface area contributed by atoms with E-state index in [1.807, 2.05) is 0 Å². The van der Waals surface area contributed by atoms with Crippen LogP contribution in [0.1, 0.15) is 19.3 Å². The second-order valence-electron chi connectivity index (χ2n) is 2.71. The second-order valence-corrected chi connectivity index (χ2v) is 2.71. The van der Waals surface area contributed by atoms with E-state index in [2.05, 4.69) is 5.32 Å². The summed E-state index contributed by atoms with van der Waals surface area (Å²) in [4.78, 5) is 0. The Morgan fingerprint density at radius 3 is 2.57 bits per heavy atom. The SMILES string of the molecule is C1C[C@H]2CN[C@@H]2C1. The third-order valence-electron chi connectivity index (χ3n) is 2.30. The van der Waals surface area contributed by atoms with Crippen LogP contribution in [-0.4, -0.2) is 12.6 Å². The summed E-state index contributed by atoms with van der Waals surface area (Å²) in [7, 11) is 0. The lowest BCUT2D eigenvalue weighted by molar-refractivity contribution is 0.274. The van der Waals surface area contributed by atoms with Crippen molar-refractivity contribution in [3.63, 3.8) is 0 Å². The largest absolute Gasteiger partial charge is 0.313 e. The van der Waals surface area contributed by atoms with Crippen LogP contribution < -0.4 is 5.32 Å². The minimum absolute atomic E-state index is 0.944. The van der Waals surface area contributed by atoms with Gasteiger partial charge in [0, 0.05) is 6.04 Å². The molecule has 1 saturated heterocycles. The first-order chi connectivity index (χ1) is 3.47. The summed E-state index contributed by atoms with van der Waals surface area (Å²) < 4.78 is 0.